The van der Waals surface area contributed by atoms with E-state index < -0.39 is 0 Å². The first kappa shape index (κ1) is 9.45. The standard InChI is InChI=1S/C9H17N5/c1-11-7-3-2-4-8(5-7)14-6-9(10)12-13-14/h6-8,11H,2-5,10H2,1H3. The van der Waals surface area contributed by atoms with Crippen LogP contribution in [0, 0.1) is 0 Å². The molecule has 2 unspecified atom stereocenters. The molecular weight excluding hydrogens is 178 g/mol. The van der Waals surface area contributed by atoms with Gasteiger partial charge in [0, 0.05) is 6.04 Å². The van der Waals surface area contributed by atoms with Crippen molar-refractivity contribution in [2.75, 3.05) is 12.8 Å². The SMILES string of the molecule is CNC1CCCC(n2cc(N)nn2)C1. The van der Waals surface area contributed by atoms with Gasteiger partial charge in [0.2, 0.25) is 0 Å². The minimum Gasteiger partial charge on any atom is -0.381 e. The summed E-state index contributed by atoms with van der Waals surface area (Å²) in [4.78, 5) is 0. The Labute approximate surface area is 83.7 Å². The van der Waals surface area contributed by atoms with Crippen molar-refractivity contribution in [1.29, 1.82) is 0 Å². The van der Waals surface area contributed by atoms with E-state index in [0.29, 0.717) is 17.9 Å². The second-order valence-corrected chi connectivity index (χ2v) is 3.93. The Balaban J connectivity index is 2.04. The van der Waals surface area contributed by atoms with E-state index in [1.165, 1.54) is 19.3 Å². The Morgan fingerprint density at radius 1 is 1.57 bits per heavy atom. The monoisotopic (exact) mass is 195 g/mol. The molecule has 0 aliphatic heterocycles. The molecule has 2 atom stereocenters. The highest BCUT2D eigenvalue weighted by Gasteiger charge is 2.22. The van der Waals surface area contributed by atoms with Crippen molar-refractivity contribution in [3.63, 3.8) is 0 Å². The van der Waals surface area contributed by atoms with Gasteiger partial charge in [-0.2, -0.15) is 0 Å². The van der Waals surface area contributed by atoms with Crippen LogP contribution in [0.2, 0.25) is 0 Å². The molecule has 0 bridgehead atoms. The molecule has 0 spiro atoms. The van der Waals surface area contributed by atoms with Gasteiger partial charge in [0.1, 0.15) is 0 Å². The van der Waals surface area contributed by atoms with Crippen molar-refractivity contribution in [2.24, 2.45) is 0 Å². The van der Waals surface area contributed by atoms with Gasteiger partial charge in [-0.15, -0.1) is 5.10 Å². The van der Waals surface area contributed by atoms with E-state index >= 15 is 0 Å². The van der Waals surface area contributed by atoms with Crippen LogP contribution in [-0.4, -0.2) is 28.1 Å². The van der Waals surface area contributed by atoms with Crippen molar-refractivity contribution >= 4 is 5.82 Å². The fraction of sp³-hybridized carbons (Fsp3) is 0.778. The van der Waals surface area contributed by atoms with E-state index in [-0.39, 0.29) is 0 Å². The number of nitrogens with zero attached hydrogens (tertiary/aromatic N) is 3. The lowest BCUT2D eigenvalue weighted by atomic mass is 9.91. The summed E-state index contributed by atoms with van der Waals surface area (Å²) in [6, 6.07) is 1.07. The van der Waals surface area contributed by atoms with Gasteiger partial charge in [-0.1, -0.05) is 5.21 Å². The van der Waals surface area contributed by atoms with Gasteiger partial charge in [-0.3, -0.25) is 0 Å². The zero-order valence-corrected chi connectivity index (χ0v) is 8.48. The quantitative estimate of drug-likeness (QED) is 0.723. The number of hydrogen-bond donors (Lipinski definition) is 2. The smallest absolute Gasteiger partial charge is 0.165 e. The average molecular weight is 195 g/mol. The summed E-state index contributed by atoms with van der Waals surface area (Å²) in [6.45, 7) is 0. The largest absolute Gasteiger partial charge is 0.381 e. The molecule has 1 saturated carbocycles. The number of nitrogen functional groups attached to an aromatic ring is 1. The molecule has 0 aromatic carbocycles. The highest BCUT2D eigenvalue weighted by atomic mass is 15.4. The van der Waals surface area contributed by atoms with E-state index in [2.05, 4.69) is 15.6 Å². The van der Waals surface area contributed by atoms with Crippen LogP contribution in [0.15, 0.2) is 6.20 Å². The van der Waals surface area contributed by atoms with Crippen LogP contribution >= 0.6 is 0 Å². The molecule has 5 nitrogen and oxygen atoms in total. The zero-order valence-electron chi connectivity index (χ0n) is 8.48. The molecular formula is C9H17N5. The summed E-state index contributed by atoms with van der Waals surface area (Å²) in [7, 11) is 2.02. The molecule has 1 aliphatic rings. The maximum atomic E-state index is 5.54. The summed E-state index contributed by atoms with van der Waals surface area (Å²) < 4.78 is 1.90. The van der Waals surface area contributed by atoms with E-state index in [1.807, 2.05) is 17.9 Å². The maximum absolute atomic E-state index is 5.54. The van der Waals surface area contributed by atoms with Gasteiger partial charge in [0.05, 0.1) is 12.2 Å². The van der Waals surface area contributed by atoms with Gasteiger partial charge in [0.15, 0.2) is 5.82 Å². The molecule has 2 rings (SSSR count). The number of rotatable bonds is 2. The van der Waals surface area contributed by atoms with Gasteiger partial charge >= 0.3 is 0 Å². The average Bonchev–Trinajstić information content (AvgIpc) is 2.65. The number of anilines is 1. The Hall–Kier alpha value is -1.10. The molecule has 1 aromatic heterocycles. The van der Waals surface area contributed by atoms with Crippen molar-refractivity contribution < 1.29 is 0 Å². The second-order valence-electron chi connectivity index (χ2n) is 3.93. The Kier molecular flexibility index (Phi) is 2.67. The van der Waals surface area contributed by atoms with Crippen molar-refractivity contribution in [3.05, 3.63) is 6.20 Å². The number of aromatic nitrogens is 3. The van der Waals surface area contributed by atoms with Crippen LogP contribution in [-0.2, 0) is 0 Å². The van der Waals surface area contributed by atoms with E-state index in [0.717, 1.165) is 6.42 Å². The molecule has 1 fully saturated rings. The molecule has 3 N–H and O–H groups in total. The van der Waals surface area contributed by atoms with Gasteiger partial charge in [0.25, 0.3) is 0 Å². The maximum Gasteiger partial charge on any atom is 0.165 e. The predicted molar refractivity (Wildman–Crippen MR) is 54.8 cm³/mol. The Bertz CT molecular complexity index is 295. The first-order valence-electron chi connectivity index (χ1n) is 5.14. The lowest BCUT2D eigenvalue weighted by Crippen LogP contribution is -2.32. The third-order valence-electron chi connectivity index (χ3n) is 2.96. The Morgan fingerprint density at radius 3 is 3.07 bits per heavy atom. The minimum absolute atomic E-state index is 0.464. The lowest BCUT2D eigenvalue weighted by Gasteiger charge is -2.28. The molecule has 0 radical (unpaired) electrons. The molecule has 1 aromatic rings. The third kappa shape index (κ3) is 1.87. The molecule has 1 heterocycles. The van der Waals surface area contributed by atoms with Crippen LogP contribution in [0.4, 0.5) is 5.82 Å². The molecule has 5 heteroatoms. The van der Waals surface area contributed by atoms with Gasteiger partial charge in [-0.25, -0.2) is 4.68 Å². The lowest BCUT2D eigenvalue weighted by molar-refractivity contribution is 0.275. The Morgan fingerprint density at radius 2 is 2.43 bits per heavy atom. The minimum atomic E-state index is 0.464. The van der Waals surface area contributed by atoms with Crippen LogP contribution in [0.3, 0.4) is 0 Å². The van der Waals surface area contributed by atoms with Crippen LogP contribution in [0.25, 0.3) is 0 Å². The number of nitrogens with one attached hydrogen (secondary N) is 1. The highest BCUT2D eigenvalue weighted by molar-refractivity contribution is 5.20. The predicted octanol–water partition coefficient (Wildman–Crippen LogP) is 0.563. The van der Waals surface area contributed by atoms with Gasteiger partial charge in [-0.05, 0) is 32.7 Å². The van der Waals surface area contributed by atoms with E-state index in [4.69, 9.17) is 5.73 Å². The first-order chi connectivity index (χ1) is 6.79. The molecule has 78 valence electrons. The van der Waals surface area contributed by atoms with Crippen LogP contribution < -0.4 is 11.1 Å². The van der Waals surface area contributed by atoms with E-state index in [1.54, 1.807) is 0 Å². The van der Waals surface area contributed by atoms with Crippen molar-refractivity contribution in [1.82, 2.24) is 20.3 Å². The highest BCUT2D eigenvalue weighted by Crippen LogP contribution is 2.27. The van der Waals surface area contributed by atoms with Crippen molar-refractivity contribution in [3.8, 4) is 0 Å². The fourth-order valence-corrected chi connectivity index (χ4v) is 2.14. The molecule has 14 heavy (non-hydrogen) atoms. The second kappa shape index (κ2) is 3.96. The molecule has 1 aliphatic carbocycles. The first-order valence-corrected chi connectivity index (χ1v) is 5.14. The summed E-state index contributed by atoms with van der Waals surface area (Å²) in [5, 5.41) is 11.2. The molecule has 0 saturated heterocycles. The third-order valence-corrected chi connectivity index (χ3v) is 2.96. The summed E-state index contributed by atoms with van der Waals surface area (Å²) in [5.41, 5.74) is 5.54. The number of hydrogen-bond acceptors (Lipinski definition) is 4. The zero-order chi connectivity index (χ0) is 9.97. The summed E-state index contributed by atoms with van der Waals surface area (Å²) in [5.74, 6) is 0.511. The van der Waals surface area contributed by atoms with Gasteiger partial charge < -0.3 is 11.1 Å². The topological polar surface area (TPSA) is 68.8 Å². The summed E-state index contributed by atoms with van der Waals surface area (Å²) in [6.07, 6.45) is 6.64. The van der Waals surface area contributed by atoms with Crippen LogP contribution in [0.1, 0.15) is 31.7 Å². The molecule has 0 amide bonds. The van der Waals surface area contributed by atoms with Crippen LogP contribution in [0.5, 0.6) is 0 Å². The normalized spacial score (nSPS) is 27.8. The fourth-order valence-electron chi connectivity index (χ4n) is 2.14. The number of nitrogens with two attached hydrogens (primary N) is 1. The van der Waals surface area contributed by atoms with Crippen molar-refractivity contribution in [2.45, 2.75) is 37.8 Å². The summed E-state index contributed by atoms with van der Waals surface area (Å²) >= 11 is 0. The van der Waals surface area contributed by atoms with E-state index in [9.17, 15) is 0 Å².